The van der Waals surface area contributed by atoms with Crippen molar-refractivity contribution in [1.82, 2.24) is 14.9 Å². The number of nitrogens with zero attached hydrogens (tertiary/aromatic N) is 1. The molecule has 164 valence electrons. The number of rotatable bonds is 4. The number of benzene rings is 1. The summed E-state index contributed by atoms with van der Waals surface area (Å²) < 4.78 is 14.8. The van der Waals surface area contributed by atoms with Crippen molar-refractivity contribution in [2.75, 3.05) is 13.1 Å². The summed E-state index contributed by atoms with van der Waals surface area (Å²) in [4.78, 5) is 13.6. The second-order valence-corrected chi connectivity index (χ2v) is 11.9. The van der Waals surface area contributed by atoms with Crippen LogP contribution >= 0.6 is 11.6 Å². The van der Waals surface area contributed by atoms with E-state index in [2.05, 4.69) is 10.6 Å². The highest BCUT2D eigenvalue weighted by Crippen LogP contribution is 2.55. The molecule has 3 aliphatic carbocycles. The van der Waals surface area contributed by atoms with E-state index >= 15 is 0 Å². The zero-order valence-electron chi connectivity index (χ0n) is 17.4. The summed E-state index contributed by atoms with van der Waals surface area (Å²) >= 11 is 5.93. The summed E-state index contributed by atoms with van der Waals surface area (Å²) in [6.07, 6.45) is 10.7. The topological polar surface area (TPSA) is 61.4 Å². The SMILES string of the molecule is O=C(NC1CCN(S(=O)c2ccc(Cl)cc2)CC1)NC12CC3CCCC(C1)C(C3)C2. The number of piperidine rings is 1. The standard InChI is InChI=1S/C23H32ClN3O2S/c24-19-4-6-21(7-5-19)30(29)27-10-8-20(9-11-27)25-22(28)26-23-13-16-2-1-3-17(14-23)18(12-16)15-23/h4-7,16-18,20H,1-3,8-15H2,(H2,25,26,28). The molecule has 1 aromatic carbocycles. The second-order valence-electron chi connectivity index (χ2n) is 9.95. The summed E-state index contributed by atoms with van der Waals surface area (Å²) in [7, 11) is -1.17. The van der Waals surface area contributed by atoms with Crippen molar-refractivity contribution < 1.29 is 9.00 Å². The largest absolute Gasteiger partial charge is 0.335 e. The first-order valence-electron chi connectivity index (χ1n) is 11.5. The first-order chi connectivity index (χ1) is 14.5. The number of amides is 2. The van der Waals surface area contributed by atoms with Crippen LogP contribution in [0.15, 0.2) is 29.2 Å². The first kappa shape index (κ1) is 20.8. The monoisotopic (exact) mass is 449 g/mol. The fourth-order valence-electron chi connectivity index (χ4n) is 6.63. The molecule has 5 atom stereocenters. The van der Waals surface area contributed by atoms with Gasteiger partial charge in [0.05, 0.1) is 4.90 Å². The summed E-state index contributed by atoms with van der Waals surface area (Å²) in [6, 6.07) is 7.36. The molecule has 5 rings (SSSR count). The van der Waals surface area contributed by atoms with E-state index < -0.39 is 11.0 Å². The zero-order chi connectivity index (χ0) is 20.7. The van der Waals surface area contributed by atoms with Gasteiger partial charge in [-0.15, -0.1) is 0 Å². The zero-order valence-corrected chi connectivity index (χ0v) is 19.0. The maximum atomic E-state index is 12.8. The number of urea groups is 1. The Balaban J connectivity index is 1.12. The van der Waals surface area contributed by atoms with Gasteiger partial charge in [0, 0.05) is 29.7 Å². The minimum atomic E-state index is -1.17. The van der Waals surface area contributed by atoms with Crippen LogP contribution in [0.1, 0.15) is 57.8 Å². The van der Waals surface area contributed by atoms with Gasteiger partial charge in [-0.2, -0.15) is 0 Å². The van der Waals surface area contributed by atoms with E-state index in [1.807, 2.05) is 16.4 Å². The minimum Gasteiger partial charge on any atom is -0.335 e. The van der Waals surface area contributed by atoms with Gasteiger partial charge in [0.15, 0.2) is 0 Å². The predicted molar refractivity (Wildman–Crippen MR) is 120 cm³/mol. The van der Waals surface area contributed by atoms with Gasteiger partial charge >= 0.3 is 6.03 Å². The third-order valence-corrected chi connectivity index (χ3v) is 9.65. The highest BCUT2D eigenvalue weighted by molar-refractivity contribution is 7.82. The van der Waals surface area contributed by atoms with Crippen molar-refractivity contribution in [2.24, 2.45) is 17.8 Å². The van der Waals surface area contributed by atoms with Crippen molar-refractivity contribution in [3.63, 3.8) is 0 Å². The summed E-state index contributed by atoms with van der Waals surface area (Å²) in [5.41, 5.74) is 0.0412. The summed E-state index contributed by atoms with van der Waals surface area (Å²) in [5.74, 6) is 2.46. The van der Waals surface area contributed by atoms with E-state index in [4.69, 9.17) is 11.6 Å². The summed E-state index contributed by atoms with van der Waals surface area (Å²) in [6.45, 7) is 1.44. The molecule has 5 unspecified atom stereocenters. The number of halogens is 1. The van der Waals surface area contributed by atoms with Gasteiger partial charge < -0.3 is 10.6 Å². The Morgan fingerprint density at radius 1 is 1.03 bits per heavy atom. The molecular weight excluding hydrogens is 418 g/mol. The van der Waals surface area contributed by atoms with Crippen LogP contribution in [0.5, 0.6) is 0 Å². The van der Waals surface area contributed by atoms with Crippen molar-refractivity contribution in [1.29, 1.82) is 0 Å². The lowest BCUT2D eigenvalue weighted by Gasteiger charge is -2.39. The van der Waals surface area contributed by atoms with Crippen molar-refractivity contribution in [3.8, 4) is 0 Å². The van der Waals surface area contributed by atoms with Crippen LogP contribution in [0.3, 0.4) is 0 Å². The first-order valence-corrected chi connectivity index (χ1v) is 13.0. The second kappa shape index (κ2) is 8.44. The summed E-state index contributed by atoms with van der Waals surface area (Å²) in [5, 5.41) is 7.30. The fraction of sp³-hybridized carbons (Fsp3) is 0.696. The number of fused-ring (bicyclic) bond motifs is 2. The maximum absolute atomic E-state index is 12.8. The number of carbonyl (C=O) groups excluding carboxylic acids is 1. The lowest BCUT2D eigenvalue weighted by atomic mass is 9.75. The van der Waals surface area contributed by atoms with Crippen LogP contribution in [0.2, 0.25) is 5.02 Å². The molecule has 3 bridgehead atoms. The third kappa shape index (κ3) is 4.28. The van der Waals surface area contributed by atoms with E-state index in [1.54, 1.807) is 12.1 Å². The molecule has 1 saturated heterocycles. The normalized spacial score (nSPS) is 35.0. The Morgan fingerprint density at radius 2 is 1.77 bits per heavy atom. The van der Waals surface area contributed by atoms with Gasteiger partial charge in [-0.1, -0.05) is 30.9 Å². The van der Waals surface area contributed by atoms with Crippen LogP contribution in [0.4, 0.5) is 4.79 Å². The maximum Gasteiger partial charge on any atom is 0.315 e. The number of carbonyl (C=O) groups is 1. The molecule has 0 spiro atoms. The van der Waals surface area contributed by atoms with Gasteiger partial charge in [-0.3, -0.25) is 0 Å². The smallest absolute Gasteiger partial charge is 0.315 e. The number of hydrogen-bond acceptors (Lipinski definition) is 2. The molecule has 2 amide bonds. The van der Waals surface area contributed by atoms with Gasteiger partial charge in [0.2, 0.25) is 0 Å². The quantitative estimate of drug-likeness (QED) is 0.711. The van der Waals surface area contributed by atoms with Crippen molar-refractivity contribution >= 4 is 28.6 Å². The minimum absolute atomic E-state index is 0.00731. The molecule has 0 radical (unpaired) electrons. The lowest BCUT2D eigenvalue weighted by molar-refractivity contribution is 0.173. The molecule has 1 aliphatic heterocycles. The molecular formula is C23H32ClN3O2S. The van der Waals surface area contributed by atoms with Gasteiger partial charge in [0.1, 0.15) is 11.0 Å². The van der Waals surface area contributed by atoms with Crippen LogP contribution in [-0.2, 0) is 11.0 Å². The van der Waals surface area contributed by atoms with Crippen molar-refractivity contribution in [2.45, 2.75) is 74.3 Å². The Labute approximate surface area is 186 Å². The van der Waals surface area contributed by atoms with E-state index in [1.165, 1.54) is 44.9 Å². The average molecular weight is 450 g/mol. The Morgan fingerprint density at radius 3 is 2.53 bits per heavy atom. The van der Waals surface area contributed by atoms with Gasteiger partial charge in [-0.05, 0) is 80.5 Å². The molecule has 7 heteroatoms. The molecule has 4 fully saturated rings. The van der Waals surface area contributed by atoms with Gasteiger partial charge in [-0.25, -0.2) is 13.3 Å². The Hall–Kier alpha value is -1.11. The molecule has 4 aliphatic rings. The lowest BCUT2D eigenvalue weighted by Crippen LogP contribution is -2.56. The van der Waals surface area contributed by atoms with Crippen LogP contribution in [-0.4, -0.2) is 39.2 Å². The number of hydrogen-bond donors (Lipinski definition) is 2. The third-order valence-electron chi connectivity index (χ3n) is 7.89. The molecule has 30 heavy (non-hydrogen) atoms. The molecule has 2 N–H and O–H groups in total. The van der Waals surface area contributed by atoms with Crippen LogP contribution < -0.4 is 10.6 Å². The molecule has 0 aromatic heterocycles. The van der Waals surface area contributed by atoms with Crippen LogP contribution in [0.25, 0.3) is 0 Å². The Kier molecular flexibility index (Phi) is 5.84. The van der Waals surface area contributed by atoms with E-state index in [0.29, 0.717) is 5.02 Å². The van der Waals surface area contributed by atoms with E-state index in [0.717, 1.165) is 48.6 Å². The van der Waals surface area contributed by atoms with E-state index in [9.17, 15) is 9.00 Å². The Bertz CT molecular complexity index is 807. The fourth-order valence-corrected chi connectivity index (χ4v) is 7.97. The molecule has 5 nitrogen and oxygen atoms in total. The van der Waals surface area contributed by atoms with Crippen molar-refractivity contribution in [3.05, 3.63) is 29.3 Å². The highest BCUT2D eigenvalue weighted by atomic mass is 35.5. The predicted octanol–water partition coefficient (Wildman–Crippen LogP) is 4.49. The molecule has 3 saturated carbocycles. The number of nitrogens with one attached hydrogen (secondary N) is 2. The van der Waals surface area contributed by atoms with Gasteiger partial charge in [0.25, 0.3) is 0 Å². The molecule has 1 aromatic rings. The average Bonchev–Trinajstić information content (AvgIpc) is 2.87. The highest BCUT2D eigenvalue weighted by Gasteiger charge is 2.52. The molecule has 1 heterocycles. The van der Waals surface area contributed by atoms with E-state index in [-0.39, 0.29) is 17.6 Å². The van der Waals surface area contributed by atoms with Crippen LogP contribution in [0, 0.1) is 17.8 Å².